The molecule has 0 saturated carbocycles. The fourth-order valence-corrected chi connectivity index (χ4v) is 2.07. The first-order valence-corrected chi connectivity index (χ1v) is 6.42. The van der Waals surface area contributed by atoms with Gasteiger partial charge in [0.2, 0.25) is 0 Å². The van der Waals surface area contributed by atoms with Crippen LogP contribution >= 0.6 is 11.9 Å². The van der Waals surface area contributed by atoms with Gasteiger partial charge >= 0.3 is 0 Å². The van der Waals surface area contributed by atoms with Crippen LogP contribution in [0, 0.1) is 5.82 Å². The van der Waals surface area contributed by atoms with E-state index in [9.17, 15) is 4.39 Å². The lowest BCUT2D eigenvalue weighted by molar-refractivity contribution is 0.378. The Kier molecular flexibility index (Phi) is 4.83. The average Bonchev–Trinajstić information content (AvgIpc) is 2.24. The van der Waals surface area contributed by atoms with E-state index in [1.54, 1.807) is 18.0 Å². The molecule has 1 atom stereocenters. The van der Waals surface area contributed by atoms with E-state index in [1.807, 2.05) is 13.0 Å². The first-order valence-electron chi connectivity index (χ1n) is 5.61. The quantitative estimate of drug-likeness (QED) is 0.826. The second-order valence-electron chi connectivity index (χ2n) is 4.92. The van der Waals surface area contributed by atoms with Gasteiger partial charge in [-0.15, -0.1) is 0 Å². The standard InChI is InChI=1S/C13H20FNOS/c1-9(15-17-13(2,3)4)10-7-6-8-11(14)12(10)16-5/h6-9,15H,1-5H3. The molecule has 1 aromatic rings. The smallest absolute Gasteiger partial charge is 0.165 e. The lowest BCUT2D eigenvalue weighted by Gasteiger charge is -2.23. The van der Waals surface area contributed by atoms with Crippen molar-refractivity contribution < 1.29 is 9.13 Å². The lowest BCUT2D eigenvalue weighted by Crippen LogP contribution is -2.20. The van der Waals surface area contributed by atoms with Gasteiger partial charge in [-0.3, -0.25) is 4.72 Å². The van der Waals surface area contributed by atoms with Crippen LogP contribution in [0.2, 0.25) is 0 Å². The van der Waals surface area contributed by atoms with Gasteiger partial charge in [0.15, 0.2) is 11.6 Å². The number of methoxy groups -OCH3 is 1. The number of ether oxygens (including phenoxy) is 1. The van der Waals surface area contributed by atoms with Crippen molar-refractivity contribution in [1.29, 1.82) is 0 Å². The van der Waals surface area contributed by atoms with Gasteiger partial charge in [0, 0.05) is 16.4 Å². The number of hydrogen-bond acceptors (Lipinski definition) is 3. The summed E-state index contributed by atoms with van der Waals surface area (Å²) in [5.41, 5.74) is 0.837. The van der Waals surface area contributed by atoms with Gasteiger partial charge < -0.3 is 4.74 Å². The lowest BCUT2D eigenvalue weighted by atomic mass is 10.1. The molecule has 1 aromatic carbocycles. The van der Waals surface area contributed by atoms with E-state index in [0.717, 1.165) is 5.56 Å². The van der Waals surface area contributed by atoms with Crippen LogP contribution in [0.4, 0.5) is 4.39 Å². The molecule has 0 fully saturated rings. The second kappa shape index (κ2) is 5.74. The Hall–Kier alpha value is -0.740. The van der Waals surface area contributed by atoms with Gasteiger partial charge in [0.1, 0.15) is 0 Å². The maximum absolute atomic E-state index is 13.5. The Morgan fingerprint density at radius 1 is 1.35 bits per heavy atom. The van der Waals surface area contributed by atoms with Crippen molar-refractivity contribution in [1.82, 2.24) is 4.72 Å². The molecule has 2 nitrogen and oxygen atoms in total. The highest BCUT2D eigenvalue weighted by Gasteiger charge is 2.17. The molecule has 0 amide bonds. The van der Waals surface area contributed by atoms with Gasteiger partial charge in [-0.25, -0.2) is 4.39 Å². The third kappa shape index (κ3) is 4.21. The summed E-state index contributed by atoms with van der Waals surface area (Å²) < 4.78 is 22.1. The zero-order valence-electron chi connectivity index (χ0n) is 11.0. The normalized spacial score (nSPS) is 13.5. The molecule has 0 saturated heterocycles. The summed E-state index contributed by atoms with van der Waals surface area (Å²) >= 11 is 1.63. The van der Waals surface area contributed by atoms with E-state index in [1.165, 1.54) is 13.2 Å². The van der Waals surface area contributed by atoms with Crippen molar-refractivity contribution in [2.75, 3.05) is 7.11 Å². The van der Waals surface area contributed by atoms with E-state index in [2.05, 4.69) is 25.5 Å². The molecular formula is C13H20FNOS. The van der Waals surface area contributed by atoms with Crippen LogP contribution in [-0.2, 0) is 0 Å². The van der Waals surface area contributed by atoms with Crippen molar-refractivity contribution in [2.45, 2.75) is 38.5 Å². The first kappa shape index (κ1) is 14.3. The van der Waals surface area contributed by atoms with Crippen LogP contribution in [0.3, 0.4) is 0 Å². The maximum Gasteiger partial charge on any atom is 0.165 e. The highest BCUT2D eigenvalue weighted by atomic mass is 32.2. The molecule has 4 heteroatoms. The van der Waals surface area contributed by atoms with Crippen LogP contribution in [0.25, 0.3) is 0 Å². The molecule has 1 N–H and O–H groups in total. The number of benzene rings is 1. The van der Waals surface area contributed by atoms with Crippen molar-refractivity contribution >= 4 is 11.9 Å². The van der Waals surface area contributed by atoms with Crippen LogP contribution in [-0.4, -0.2) is 11.9 Å². The molecule has 0 heterocycles. The molecule has 0 aromatic heterocycles. The predicted molar refractivity (Wildman–Crippen MR) is 71.8 cm³/mol. The largest absolute Gasteiger partial charge is 0.493 e. The molecule has 17 heavy (non-hydrogen) atoms. The summed E-state index contributed by atoms with van der Waals surface area (Å²) in [4.78, 5) is 0. The monoisotopic (exact) mass is 257 g/mol. The first-order chi connectivity index (χ1) is 7.85. The molecule has 0 radical (unpaired) electrons. The average molecular weight is 257 g/mol. The summed E-state index contributed by atoms with van der Waals surface area (Å²) in [7, 11) is 1.49. The van der Waals surface area contributed by atoms with Gasteiger partial charge in [-0.1, -0.05) is 24.1 Å². The van der Waals surface area contributed by atoms with E-state index < -0.39 is 0 Å². The minimum absolute atomic E-state index is 0.0323. The highest BCUT2D eigenvalue weighted by molar-refractivity contribution is 7.98. The Labute approximate surface area is 107 Å². The van der Waals surface area contributed by atoms with E-state index in [0.29, 0.717) is 5.75 Å². The fraction of sp³-hybridized carbons (Fsp3) is 0.538. The number of hydrogen-bond donors (Lipinski definition) is 1. The molecule has 0 aliphatic heterocycles. The van der Waals surface area contributed by atoms with Crippen molar-refractivity contribution in [2.24, 2.45) is 0 Å². The second-order valence-corrected chi connectivity index (χ2v) is 6.58. The molecule has 0 aliphatic carbocycles. The molecule has 96 valence electrons. The molecule has 0 spiro atoms. The van der Waals surface area contributed by atoms with Crippen LogP contribution in [0.5, 0.6) is 5.75 Å². The number of halogens is 1. The Morgan fingerprint density at radius 2 is 2.00 bits per heavy atom. The van der Waals surface area contributed by atoms with E-state index in [-0.39, 0.29) is 16.6 Å². The fourth-order valence-electron chi connectivity index (χ4n) is 1.41. The summed E-state index contributed by atoms with van der Waals surface area (Å²) in [6.45, 7) is 8.37. The van der Waals surface area contributed by atoms with Crippen molar-refractivity contribution in [3.05, 3.63) is 29.6 Å². The summed E-state index contributed by atoms with van der Waals surface area (Å²) in [5, 5.41) is 0. The third-order valence-electron chi connectivity index (χ3n) is 2.21. The predicted octanol–water partition coefficient (Wildman–Crippen LogP) is 3.93. The van der Waals surface area contributed by atoms with Crippen LogP contribution in [0.15, 0.2) is 18.2 Å². The van der Waals surface area contributed by atoms with E-state index >= 15 is 0 Å². The summed E-state index contributed by atoms with van der Waals surface area (Å²) in [6.07, 6.45) is 0. The van der Waals surface area contributed by atoms with Crippen molar-refractivity contribution in [3.63, 3.8) is 0 Å². The minimum atomic E-state index is -0.320. The summed E-state index contributed by atoms with van der Waals surface area (Å²) in [5.74, 6) is 0.00131. The van der Waals surface area contributed by atoms with Crippen LogP contribution in [0.1, 0.15) is 39.3 Å². The van der Waals surface area contributed by atoms with Gasteiger partial charge in [-0.05, 0) is 33.8 Å². The minimum Gasteiger partial charge on any atom is -0.493 e. The van der Waals surface area contributed by atoms with E-state index in [4.69, 9.17) is 4.74 Å². The molecule has 1 unspecified atom stereocenters. The Balaban J connectivity index is 2.82. The zero-order chi connectivity index (χ0) is 13.1. The number of nitrogens with one attached hydrogen (secondary N) is 1. The molecule has 0 bridgehead atoms. The Morgan fingerprint density at radius 3 is 2.53 bits per heavy atom. The summed E-state index contributed by atoms with van der Waals surface area (Å²) in [6, 6.07) is 5.02. The third-order valence-corrected chi connectivity index (χ3v) is 3.29. The zero-order valence-corrected chi connectivity index (χ0v) is 11.8. The van der Waals surface area contributed by atoms with Gasteiger partial charge in [0.05, 0.1) is 7.11 Å². The van der Waals surface area contributed by atoms with Gasteiger partial charge in [-0.2, -0.15) is 0 Å². The SMILES string of the molecule is COc1c(F)cccc1C(C)NSC(C)(C)C. The molecule has 1 rings (SSSR count). The Bertz CT molecular complexity index is 376. The van der Waals surface area contributed by atoms with Crippen molar-refractivity contribution in [3.8, 4) is 5.75 Å². The molecular weight excluding hydrogens is 237 g/mol. The topological polar surface area (TPSA) is 21.3 Å². The maximum atomic E-state index is 13.5. The molecule has 0 aliphatic rings. The number of para-hydroxylation sites is 1. The number of rotatable bonds is 4. The van der Waals surface area contributed by atoms with Crippen LogP contribution < -0.4 is 9.46 Å². The highest BCUT2D eigenvalue weighted by Crippen LogP contribution is 2.30. The van der Waals surface area contributed by atoms with Gasteiger partial charge in [0.25, 0.3) is 0 Å².